The topological polar surface area (TPSA) is 76.1 Å². The minimum absolute atomic E-state index is 0.169. The molecule has 2 unspecified atom stereocenters. The third kappa shape index (κ3) is 2.66. The largest absolute Gasteiger partial charge is 0.462 e. The van der Waals surface area contributed by atoms with Crippen LogP contribution in [0.5, 0.6) is 0 Å². The summed E-state index contributed by atoms with van der Waals surface area (Å²) in [6, 6.07) is -0.181. The molecule has 1 saturated heterocycles. The summed E-state index contributed by atoms with van der Waals surface area (Å²) >= 11 is 0. The van der Waals surface area contributed by atoms with Gasteiger partial charge in [-0.2, -0.15) is 0 Å². The molecular formula is C9H15NO5. The maximum absolute atomic E-state index is 11.5. The Balaban J connectivity index is 2.65. The number of amides is 1. The minimum atomic E-state index is -0.888. The van der Waals surface area contributed by atoms with Crippen LogP contribution < -0.4 is 0 Å². The molecule has 6 heteroatoms. The quantitative estimate of drug-likeness (QED) is 0.439. The third-order valence-electron chi connectivity index (χ3n) is 2.33. The Morgan fingerprint density at radius 1 is 1.60 bits per heavy atom. The lowest BCUT2D eigenvalue weighted by molar-refractivity contribution is -0.165. The Kier molecular flexibility index (Phi) is 4.05. The van der Waals surface area contributed by atoms with E-state index in [0.717, 1.165) is 7.11 Å². The van der Waals surface area contributed by atoms with Crippen molar-refractivity contribution in [2.75, 3.05) is 26.9 Å². The van der Waals surface area contributed by atoms with E-state index in [1.165, 1.54) is 4.90 Å². The highest BCUT2D eigenvalue weighted by atomic mass is 16.5. The number of rotatable bonds is 1. The van der Waals surface area contributed by atoms with Gasteiger partial charge in [-0.05, 0) is 6.92 Å². The number of esters is 1. The number of carbonyl (C=O) groups is 2. The van der Waals surface area contributed by atoms with Crippen molar-refractivity contribution in [1.29, 1.82) is 0 Å². The van der Waals surface area contributed by atoms with Crippen molar-refractivity contribution < 1.29 is 24.2 Å². The van der Waals surface area contributed by atoms with Crippen LogP contribution in [0.4, 0.5) is 0 Å². The molecular weight excluding hydrogens is 202 g/mol. The first kappa shape index (κ1) is 11.9. The van der Waals surface area contributed by atoms with Crippen molar-refractivity contribution in [2.45, 2.75) is 19.1 Å². The Morgan fingerprint density at radius 2 is 2.27 bits per heavy atom. The van der Waals surface area contributed by atoms with Gasteiger partial charge >= 0.3 is 11.9 Å². The molecule has 1 fully saturated rings. The summed E-state index contributed by atoms with van der Waals surface area (Å²) in [5.41, 5.74) is 0. The Hall–Kier alpha value is -1.14. The van der Waals surface area contributed by atoms with Crippen LogP contribution in [0.25, 0.3) is 0 Å². The summed E-state index contributed by atoms with van der Waals surface area (Å²) in [6.45, 7) is 2.13. The monoisotopic (exact) mass is 217 g/mol. The molecule has 0 radical (unpaired) electrons. The molecule has 86 valence electrons. The average molecular weight is 217 g/mol. The van der Waals surface area contributed by atoms with Gasteiger partial charge in [0.05, 0.1) is 39.0 Å². The van der Waals surface area contributed by atoms with E-state index in [9.17, 15) is 9.59 Å². The van der Waals surface area contributed by atoms with E-state index in [-0.39, 0.29) is 19.2 Å². The van der Waals surface area contributed by atoms with E-state index < -0.39 is 18.0 Å². The molecule has 0 aliphatic carbocycles. The van der Waals surface area contributed by atoms with Crippen LogP contribution >= 0.6 is 0 Å². The summed E-state index contributed by atoms with van der Waals surface area (Å²) in [5, 5.41) is 8.89. The molecule has 1 aliphatic heterocycles. The summed E-state index contributed by atoms with van der Waals surface area (Å²) < 4.78 is 9.59. The maximum Gasteiger partial charge on any atom is 0.396 e. The van der Waals surface area contributed by atoms with E-state index in [4.69, 9.17) is 9.84 Å². The van der Waals surface area contributed by atoms with Crippen molar-refractivity contribution in [1.82, 2.24) is 4.90 Å². The molecule has 0 aromatic heterocycles. The molecule has 15 heavy (non-hydrogen) atoms. The fourth-order valence-electron chi connectivity index (χ4n) is 1.42. The third-order valence-corrected chi connectivity index (χ3v) is 2.33. The molecule has 0 spiro atoms. The van der Waals surface area contributed by atoms with E-state index in [1.807, 2.05) is 0 Å². The average Bonchev–Trinajstić information content (AvgIpc) is 2.27. The fourth-order valence-corrected chi connectivity index (χ4v) is 1.42. The maximum atomic E-state index is 11.5. The number of morpholine rings is 1. The predicted molar refractivity (Wildman–Crippen MR) is 50.0 cm³/mol. The van der Waals surface area contributed by atoms with Crippen molar-refractivity contribution >= 4 is 11.9 Å². The standard InChI is InChI=1S/C9H15NO5/c1-6-5-15-7(4-11)3-10(6)8(12)9(13)14-2/h6-7,11H,3-5H2,1-2H3. The molecule has 1 rings (SSSR count). The molecule has 1 amide bonds. The van der Waals surface area contributed by atoms with E-state index in [2.05, 4.69) is 4.74 Å². The summed E-state index contributed by atoms with van der Waals surface area (Å²) in [6.07, 6.45) is -0.421. The number of hydrogen-bond acceptors (Lipinski definition) is 5. The molecule has 0 aromatic carbocycles. The van der Waals surface area contributed by atoms with E-state index in [1.54, 1.807) is 6.92 Å². The van der Waals surface area contributed by atoms with E-state index in [0.29, 0.717) is 6.61 Å². The van der Waals surface area contributed by atoms with E-state index >= 15 is 0 Å². The fraction of sp³-hybridized carbons (Fsp3) is 0.778. The number of nitrogens with zero attached hydrogens (tertiary/aromatic N) is 1. The van der Waals surface area contributed by atoms with Crippen LogP contribution in [0.15, 0.2) is 0 Å². The zero-order chi connectivity index (χ0) is 11.4. The Morgan fingerprint density at radius 3 is 2.80 bits per heavy atom. The van der Waals surface area contributed by atoms with Gasteiger partial charge in [0.15, 0.2) is 0 Å². The van der Waals surface area contributed by atoms with Gasteiger partial charge < -0.3 is 19.5 Å². The zero-order valence-electron chi connectivity index (χ0n) is 8.80. The van der Waals surface area contributed by atoms with Crippen LogP contribution in [0.2, 0.25) is 0 Å². The Labute approximate surface area is 87.8 Å². The molecule has 0 saturated carbocycles. The first-order valence-corrected chi connectivity index (χ1v) is 4.71. The lowest BCUT2D eigenvalue weighted by atomic mass is 10.2. The van der Waals surface area contributed by atoms with Gasteiger partial charge in [-0.25, -0.2) is 4.79 Å². The SMILES string of the molecule is COC(=O)C(=O)N1CC(CO)OCC1C. The second-order valence-corrected chi connectivity index (χ2v) is 3.44. The number of aliphatic hydroxyl groups excluding tert-OH is 1. The highest BCUT2D eigenvalue weighted by molar-refractivity contribution is 6.32. The van der Waals surface area contributed by atoms with Crippen molar-refractivity contribution in [2.24, 2.45) is 0 Å². The summed E-state index contributed by atoms with van der Waals surface area (Å²) in [5.74, 6) is -1.58. The van der Waals surface area contributed by atoms with Gasteiger partial charge in [-0.15, -0.1) is 0 Å². The predicted octanol–water partition coefficient (Wildman–Crippen LogP) is -1.23. The normalized spacial score (nSPS) is 26.2. The van der Waals surface area contributed by atoms with Crippen molar-refractivity contribution in [3.8, 4) is 0 Å². The highest BCUT2D eigenvalue weighted by Crippen LogP contribution is 2.11. The number of methoxy groups -OCH3 is 1. The number of ether oxygens (including phenoxy) is 2. The smallest absolute Gasteiger partial charge is 0.396 e. The highest BCUT2D eigenvalue weighted by Gasteiger charge is 2.33. The van der Waals surface area contributed by atoms with Gasteiger partial charge in [0.2, 0.25) is 0 Å². The molecule has 0 bridgehead atoms. The van der Waals surface area contributed by atoms with Gasteiger partial charge in [0.25, 0.3) is 0 Å². The second kappa shape index (κ2) is 5.09. The van der Waals surface area contributed by atoms with Gasteiger partial charge in [0.1, 0.15) is 0 Å². The van der Waals surface area contributed by atoms with Gasteiger partial charge in [-0.3, -0.25) is 4.79 Å². The molecule has 0 aromatic rings. The minimum Gasteiger partial charge on any atom is -0.462 e. The van der Waals surface area contributed by atoms with Crippen LogP contribution in [0.1, 0.15) is 6.92 Å². The number of carbonyl (C=O) groups excluding carboxylic acids is 2. The molecule has 2 atom stereocenters. The molecule has 1 aliphatic rings. The van der Waals surface area contributed by atoms with Crippen molar-refractivity contribution in [3.05, 3.63) is 0 Å². The number of aliphatic hydroxyl groups is 1. The van der Waals surface area contributed by atoms with Crippen LogP contribution in [0, 0.1) is 0 Å². The van der Waals surface area contributed by atoms with Crippen molar-refractivity contribution in [3.63, 3.8) is 0 Å². The van der Waals surface area contributed by atoms with Gasteiger partial charge in [0, 0.05) is 0 Å². The lowest BCUT2D eigenvalue weighted by Crippen LogP contribution is -2.54. The summed E-state index contributed by atoms with van der Waals surface area (Å²) in [4.78, 5) is 23.9. The van der Waals surface area contributed by atoms with Gasteiger partial charge in [-0.1, -0.05) is 0 Å². The molecule has 1 N–H and O–H groups in total. The summed E-state index contributed by atoms with van der Waals surface area (Å²) in [7, 11) is 1.16. The number of hydrogen-bond donors (Lipinski definition) is 1. The molecule has 6 nitrogen and oxygen atoms in total. The first-order chi connectivity index (χ1) is 7.10. The lowest BCUT2D eigenvalue weighted by Gasteiger charge is -2.36. The first-order valence-electron chi connectivity index (χ1n) is 4.71. The molecule has 1 heterocycles. The van der Waals surface area contributed by atoms with Crippen LogP contribution in [0.3, 0.4) is 0 Å². The Bertz CT molecular complexity index is 255. The van der Waals surface area contributed by atoms with Crippen LogP contribution in [-0.2, 0) is 19.1 Å². The van der Waals surface area contributed by atoms with Crippen LogP contribution in [-0.4, -0.2) is 60.9 Å². The zero-order valence-corrected chi connectivity index (χ0v) is 8.80. The second-order valence-electron chi connectivity index (χ2n) is 3.44.